The number of hydrogen-bond acceptors (Lipinski definition) is 8. The highest BCUT2D eigenvalue weighted by molar-refractivity contribution is 5.79. The number of piperazine rings is 1. The number of piperidine rings is 1. The molecule has 1 atom stereocenters. The molecule has 0 saturated carbocycles. The van der Waals surface area contributed by atoms with Gasteiger partial charge in [-0.05, 0) is 44.0 Å². The molecule has 2 fully saturated rings. The van der Waals surface area contributed by atoms with E-state index in [1.54, 1.807) is 0 Å². The molecule has 1 unspecified atom stereocenters. The minimum absolute atomic E-state index is 0.0219. The molecule has 3 aliphatic rings. The number of aryl methyl sites for hydroxylation is 1. The van der Waals surface area contributed by atoms with Gasteiger partial charge in [0.1, 0.15) is 0 Å². The Hall–Kier alpha value is -3.43. The normalized spacial score (nSPS) is 20.4. The highest BCUT2D eigenvalue weighted by Gasteiger charge is 2.31. The highest BCUT2D eigenvalue weighted by atomic mass is 16.7. The van der Waals surface area contributed by atoms with Crippen molar-refractivity contribution in [2.24, 2.45) is 5.92 Å². The second-order valence-corrected chi connectivity index (χ2v) is 10.2. The molecule has 0 spiro atoms. The van der Waals surface area contributed by atoms with E-state index in [-0.39, 0.29) is 11.8 Å². The third kappa shape index (κ3) is 5.47. The number of ether oxygens (including phenoxy) is 2. The first-order valence-corrected chi connectivity index (χ1v) is 13.1. The molecular weight excluding hydrogens is 470 g/mol. The van der Waals surface area contributed by atoms with E-state index in [1.165, 1.54) is 11.1 Å². The summed E-state index contributed by atoms with van der Waals surface area (Å²) in [5.74, 6) is 3.14. The molecule has 6 rings (SSSR count). The first-order chi connectivity index (χ1) is 18.1. The number of likely N-dealkylation sites (tertiary alicyclic amines) is 1. The molecule has 3 aromatic rings. The number of amides is 1. The first kappa shape index (κ1) is 23.9. The van der Waals surface area contributed by atoms with Crippen LogP contribution in [0.2, 0.25) is 0 Å². The molecule has 0 N–H and O–H groups in total. The summed E-state index contributed by atoms with van der Waals surface area (Å²) in [5.41, 5.74) is 3.35. The smallest absolute Gasteiger partial charge is 0.241 e. The summed E-state index contributed by atoms with van der Waals surface area (Å²) >= 11 is 0. The van der Waals surface area contributed by atoms with E-state index in [2.05, 4.69) is 39.0 Å². The topological polar surface area (TPSA) is 84.2 Å². The summed E-state index contributed by atoms with van der Waals surface area (Å²) in [6.45, 7) is 8.74. The van der Waals surface area contributed by atoms with Crippen LogP contribution in [0.1, 0.15) is 29.9 Å². The predicted octanol–water partition coefficient (Wildman–Crippen LogP) is 3.33. The van der Waals surface area contributed by atoms with E-state index in [1.807, 2.05) is 35.2 Å². The van der Waals surface area contributed by atoms with Crippen LogP contribution in [0.5, 0.6) is 11.5 Å². The van der Waals surface area contributed by atoms with Crippen molar-refractivity contribution in [2.45, 2.75) is 32.9 Å². The molecule has 1 aromatic heterocycles. The molecule has 1 amide bonds. The minimum atomic E-state index is 0.0219. The maximum Gasteiger partial charge on any atom is 0.241 e. The van der Waals surface area contributed by atoms with Gasteiger partial charge >= 0.3 is 0 Å². The molecule has 0 aliphatic carbocycles. The summed E-state index contributed by atoms with van der Waals surface area (Å²) in [6, 6.07) is 14.2. The van der Waals surface area contributed by atoms with E-state index in [4.69, 9.17) is 14.0 Å². The zero-order chi connectivity index (χ0) is 25.2. The number of carbonyl (C=O) groups is 1. The van der Waals surface area contributed by atoms with E-state index in [0.717, 1.165) is 75.7 Å². The lowest BCUT2D eigenvalue weighted by Gasteiger charge is -2.38. The van der Waals surface area contributed by atoms with Crippen LogP contribution < -0.4 is 9.47 Å². The summed E-state index contributed by atoms with van der Waals surface area (Å²) < 4.78 is 16.4. The Balaban J connectivity index is 0.994. The quantitative estimate of drug-likeness (QED) is 0.507. The lowest BCUT2D eigenvalue weighted by atomic mass is 9.96. The molecular formula is C28H33N5O4. The maximum atomic E-state index is 13.4. The van der Waals surface area contributed by atoms with Gasteiger partial charge in [0.25, 0.3) is 0 Å². The van der Waals surface area contributed by atoms with Gasteiger partial charge in [-0.3, -0.25) is 14.6 Å². The van der Waals surface area contributed by atoms with Crippen molar-refractivity contribution in [3.8, 4) is 22.9 Å². The summed E-state index contributed by atoms with van der Waals surface area (Å²) in [5, 5.41) is 4.16. The zero-order valence-electron chi connectivity index (χ0n) is 21.3. The van der Waals surface area contributed by atoms with Crippen LogP contribution in [0.25, 0.3) is 11.4 Å². The van der Waals surface area contributed by atoms with Crippen molar-refractivity contribution >= 4 is 5.91 Å². The lowest BCUT2D eigenvalue weighted by Crippen LogP contribution is -2.52. The van der Waals surface area contributed by atoms with E-state index >= 15 is 0 Å². The molecule has 0 bridgehead atoms. The van der Waals surface area contributed by atoms with Gasteiger partial charge in [-0.25, -0.2) is 0 Å². The monoisotopic (exact) mass is 503 g/mol. The fraction of sp³-hybridized carbons (Fsp3) is 0.464. The molecule has 4 heterocycles. The Bertz CT molecular complexity index is 1240. The fourth-order valence-corrected chi connectivity index (χ4v) is 5.41. The summed E-state index contributed by atoms with van der Waals surface area (Å²) in [7, 11) is 0. The van der Waals surface area contributed by atoms with Crippen LogP contribution in [0, 0.1) is 12.8 Å². The molecule has 37 heavy (non-hydrogen) atoms. The van der Waals surface area contributed by atoms with Crippen LogP contribution in [-0.4, -0.2) is 76.8 Å². The SMILES string of the molecule is Cc1ccc(-c2noc(CN3CCCC(C(=O)N4CCN(Cc5ccc6c(c5)OCO6)CC4)C3)n2)cc1. The zero-order valence-corrected chi connectivity index (χ0v) is 21.3. The molecule has 3 aliphatic heterocycles. The van der Waals surface area contributed by atoms with Crippen molar-refractivity contribution < 1.29 is 18.8 Å². The largest absolute Gasteiger partial charge is 0.454 e. The van der Waals surface area contributed by atoms with Gasteiger partial charge < -0.3 is 18.9 Å². The van der Waals surface area contributed by atoms with Crippen LogP contribution in [0.3, 0.4) is 0 Å². The van der Waals surface area contributed by atoms with Gasteiger partial charge in [0.15, 0.2) is 11.5 Å². The number of rotatable bonds is 6. The third-order valence-corrected chi connectivity index (χ3v) is 7.52. The number of nitrogens with zero attached hydrogens (tertiary/aromatic N) is 5. The van der Waals surface area contributed by atoms with Gasteiger partial charge in [-0.15, -0.1) is 0 Å². The van der Waals surface area contributed by atoms with Crippen LogP contribution in [0.15, 0.2) is 47.0 Å². The second kappa shape index (κ2) is 10.5. The molecule has 9 heteroatoms. The van der Waals surface area contributed by atoms with Gasteiger partial charge in [-0.2, -0.15) is 4.98 Å². The predicted molar refractivity (Wildman–Crippen MR) is 137 cm³/mol. The maximum absolute atomic E-state index is 13.4. The summed E-state index contributed by atoms with van der Waals surface area (Å²) in [4.78, 5) is 24.7. The second-order valence-electron chi connectivity index (χ2n) is 10.2. The van der Waals surface area contributed by atoms with Gasteiger partial charge in [0.2, 0.25) is 24.4 Å². The average molecular weight is 504 g/mol. The Morgan fingerprint density at radius 1 is 0.946 bits per heavy atom. The van der Waals surface area contributed by atoms with Crippen LogP contribution >= 0.6 is 0 Å². The standard InChI is InChI=1S/C28H33N5O4/c1-20-4-7-22(8-5-20)27-29-26(37-30-27)18-32-10-2-3-23(17-32)28(34)33-13-11-31(12-14-33)16-21-6-9-24-25(15-21)36-19-35-24/h4-9,15,23H,2-3,10-14,16-19H2,1H3. The van der Waals surface area contributed by atoms with Crippen molar-refractivity contribution in [1.82, 2.24) is 24.8 Å². The third-order valence-electron chi connectivity index (χ3n) is 7.52. The Labute approximate surface area is 216 Å². The molecule has 194 valence electrons. The Kier molecular flexibility index (Phi) is 6.80. The average Bonchev–Trinajstić information content (AvgIpc) is 3.59. The van der Waals surface area contributed by atoms with Gasteiger partial charge in [0, 0.05) is 44.8 Å². The Morgan fingerprint density at radius 2 is 1.76 bits per heavy atom. The number of hydrogen-bond donors (Lipinski definition) is 0. The van der Waals surface area contributed by atoms with Crippen LogP contribution in [0.4, 0.5) is 0 Å². The minimum Gasteiger partial charge on any atom is -0.454 e. The molecule has 2 aromatic carbocycles. The van der Waals surface area contributed by atoms with E-state index in [0.29, 0.717) is 25.1 Å². The van der Waals surface area contributed by atoms with Crippen molar-refractivity contribution in [3.63, 3.8) is 0 Å². The fourth-order valence-electron chi connectivity index (χ4n) is 5.41. The van der Waals surface area contributed by atoms with Crippen molar-refractivity contribution in [3.05, 3.63) is 59.5 Å². The van der Waals surface area contributed by atoms with E-state index < -0.39 is 0 Å². The van der Waals surface area contributed by atoms with Gasteiger partial charge in [0.05, 0.1) is 12.5 Å². The first-order valence-electron chi connectivity index (χ1n) is 13.1. The van der Waals surface area contributed by atoms with Crippen molar-refractivity contribution in [2.75, 3.05) is 46.1 Å². The summed E-state index contributed by atoms with van der Waals surface area (Å²) in [6.07, 6.45) is 1.94. The van der Waals surface area contributed by atoms with E-state index in [9.17, 15) is 4.79 Å². The van der Waals surface area contributed by atoms with Gasteiger partial charge in [-0.1, -0.05) is 41.1 Å². The molecule has 0 radical (unpaired) electrons. The number of benzene rings is 2. The van der Waals surface area contributed by atoms with Crippen molar-refractivity contribution in [1.29, 1.82) is 0 Å². The molecule has 9 nitrogen and oxygen atoms in total. The highest BCUT2D eigenvalue weighted by Crippen LogP contribution is 2.33. The number of fused-ring (bicyclic) bond motifs is 1. The number of carbonyl (C=O) groups excluding carboxylic acids is 1. The van der Waals surface area contributed by atoms with Crippen LogP contribution in [-0.2, 0) is 17.9 Å². The number of aromatic nitrogens is 2. The Morgan fingerprint density at radius 3 is 2.59 bits per heavy atom. The molecule has 2 saturated heterocycles. The lowest BCUT2D eigenvalue weighted by molar-refractivity contribution is -0.139.